The SMILES string of the molecule is CC[C@@H](NC(=O)c1ccc(NCc2ccc(F)cc2F)c(N)c1)c1ccccc1. The van der Waals surface area contributed by atoms with Gasteiger partial charge in [0, 0.05) is 23.7 Å². The fourth-order valence-corrected chi connectivity index (χ4v) is 3.07. The van der Waals surface area contributed by atoms with Crippen molar-refractivity contribution in [2.75, 3.05) is 11.1 Å². The monoisotopic (exact) mass is 395 g/mol. The molecule has 3 aromatic carbocycles. The fraction of sp³-hybridized carbons (Fsp3) is 0.174. The summed E-state index contributed by atoms with van der Waals surface area (Å²) in [6.45, 7) is 2.15. The molecule has 0 unspecified atom stereocenters. The van der Waals surface area contributed by atoms with Crippen LogP contribution in [0.3, 0.4) is 0 Å². The molecule has 0 fully saturated rings. The summed E-state index contributed by atoms with van der Waals surface area (Å²) in [5.74, 6) is -1.47. The zero-order chi connectivity index (χ0) is 20.8. The molecule has 6 heteroatoms. The Balaban J connectivity index is 1.67. The van der Waals surface area contributed by atoms with Crippen LogP contribution >= 0.6 is 0 Å². The van der Waals surface area contributed by atoms with Crippen LogP contribution in [0.25, 0.3) is 0 Å². The summed E-state index contributed by atoms with van der Waals surface area (Å²) in [6.07, 6.45) is 0.758. The molecule has 0 aliphatic carbocycles. The van der Waals surface area contributed by atoms with Crippen molar-refractivity contribution >= 4 is 17.3 Å². The molecule has 0 aliphatic rings. The van der Waals surface area contributed by atoms with Gasteiger partial charge in [-0.05, 0) is 36.2 Å². The molecular weight excluding hydrogens is 372 g/mol. The number of hydrogen-bond acceptors (Lipinski definition) is 3. The van der Waals surface area contributed by atoms with E-state index in [1.807, 2.05) is 37.3 Å². The number of amides is 1. The Morgan fingerprint density at radius 2 is 1.79 bits per heavy atom. The molecule has 4 N–H and O–H groups in total. The maximum absolute atomic E-state index is 13.8. The first-order chi connectivity index (χ1) is 14.0. The Labute approximate surface area is 168 Å². The van der Waals surface area contributed by atoms with Crippen molar-refractivity contribution in [3.63, 3.8) is 0 Å². The second-order valence-electron chi connectivity index (χ2n) is 6.74. The number of anilines is 2. The summed E-state index contributed by atoms with van der Waals surface area (Å²) < 4.78 is 26.8. The summed E-state index contributed by atoms with van der Waals surface area (Å²) >= 11 is 0. The van der Waals surface area contributed by atoms with Crippen molar-refractivity contribution in [3.05, 3.63) is 95.1 Å². The van der Waals surface area contributed by atoms with Crippen LogP contribution in [0.2, 0.25) is 0 Å². The third-order valence-electron chi connectivity index (χ3n) is 4.71. The van der Waals surface area contributed by atoms with Gasteiger partial charge in [-0.3, -0.25) is 4.79 Å². The minimum absolute atomic E-state index is 0.0934. The van der Waals surface area contributed by atoms with Gasteiger partial charge in [-0.1, -0.05) is 43.3 Å². The van der Waals surface area contributed by atoms with Crippen LogP contribution in [0.4, 0.5) is 20.2 Å². The predicted molar refractivity (Wildman–Crippen MR) is 111 cm³/mol. The number of carbonyl (C=O) groups excluding carboxylic acids is 1. The lowest BCUT2D eigenvalue weighted by atomic mass is 10.0. The van der Waals surface area contributed by atoms with E-state index in [4.69, 9.17) is 5.73 Å². The molecule has 0 saturated carbocycles. The van der Waals surface area contributed by atoms with Crippen LogP contribution in [0.1, 0.15) is 40.9 Å². The summed E-state index contributed by atoms with van der Waals surface area (Å²) in [6, 6.07) is 18.0. The molecule has 0 aromatic heterocycles. The Bertz CT molecular complexity index is 993. The predicted octanol–water partition coefficient (Wildman–Crippen LogP) is 5.04. The molecule has 0 bridgehead atoms. The Kier molecular flexibility index (Phi) is 6.44. The summed E-state index contributed by atoms with van der Waals surface area (Å²) in [7, 11) is 0. The molecule has 0 radical (unpaired) electrons. The molecular formula is C23H23F2N3O. The molecule has 0 saturated heterocycles. The van der Waals surface area contributed by atoms with E-state index in [0.717, 1.165) is 18.1 Å². The number of rotatable bonds is 7. The average Bonchev–Trinajstić information content (AvgIpc) is 2.72. The molecule has 0 aliphatic heterocycles. The van der Waals surface area contributed by atoms with Gasteiger partial charge in [-0.25, -0.2) is 8.78 Å². The van der Waals surface area contributed by atoms with Crippen LogP contribution in [-0.2, 0) is 6.54 Å². The normalized spacial score (nSPS) is 11.7. The standard InChI is InChI=1S/C23H23F2N3O/c1-2-21(15-6-4-3-5-7-15)28-23(29)16-9-11-22(20(26)12-16)27-14-17-8-10-18(24)13-19(17)25/h3-13,21,27H,2,14,26H2,1H3,(H,28,29)/t21-/m1/s1. The minimum Gasteiger partial charge on any atom is -0.397 e. The second-order valence-corrected chi connectivity index (χ2v) is 6.74. The lowest BCUT2D eigenvalue weighted by Gasteiger charge is -2.18. The molecule has 3 aromatic rings. The first kappa shape index (κ1) is 20.3. The molecule has 1 atom stereocenters. The van der Waals surface area contributed by atoms with Crippen molar-refractivity contribution in [3.8, 4) is 0 Å². The van der Waals surface area contributed by atoms with E-state index >= 15 is 0 Å². The third kappa shape index (κ3) is 5.10. The van der Waals surface area contributed by atoms with E-state index in [9.17, 15) is 13.6 Å². The molecule has 0 spiro atoms. The second kappa shape index (κ2) is 9.19. The number of hydrogen-bond donors (Lipinski definition) is 3. The highest BCUT2D eigenvalue weighted by molar-refractivity contribution is 5.96. The summed E-state index contributed by atoms with van der Waals surface area (Å²) in [4.78, 5) is 12.6. The Morgan fingerprint density at radius 3 is 2.45 bits per heavy atom. The molecule has 4 nitrogen and oxygen atoms in total. The summed E-state index contributed by atoms with van der Waals surface area (Å²) in [5.41, 5.74) is 8.80. The Hall–Kier alpha value is -3.41. The maximum atomic E-state index is 13.8. The van der Waals surface area contributed by atoms with Crippen LogP contribution in [0.5, 0.6) is 0 Å². The number of nitrogens with two attached hydrogens (primary N) is 1. The molecule has 29 heavy (non-hydrogen) atoms. The number of carbonyl (C=O) groups is 1. The van der Waals surface area contributed by atoms with E-state index in [-0.39, 0.29) is 18.5 Å². The first-order valence-corrected chi connectivity index (χ1v) is 9.41. The van der Waals surface area contributed by atoms with Crippen molar-refractivity contribution in [1.29, 1.82) is 0 Å². The lowest BCUT2D eigenvalue weighted by molar-refractivity contribution is 0.0935. The highest BCUT2D eigenvalue weighted by Gasteiger charge is 2.15. The van der Waals surface area contributed by atoms with Crippen molar-refractivity contribution in [1.82, 2.24) is 5.32 Å². The van der Waals surface area contributed by atoms with Gasteiger partial charge in [0.25, 0.3) is 5.91 Å². The maximum Gasteiger partial charge on any atom is 0.251 e. The smallest absolute Gasteiger partial charge is 0.251 e. The average molecular weight is 395 g/mol. The number of benzene rings is 3. The van der Waals surface area contributed by atoms with Crippen LogP contribution in [0, 0.1) is 11.6 Å². The Morgan fingerprint density at radius 1 is 1.03 bits per heavy atom. The van der Waals surface area contributed by atoms with E-state index in [1.54, 1.807) is 18.2 Å². The molecule has 150 valence electrons. The highest BCUT2D eigenvalue weighted by Crippen LogP contribution is 2.23. The van der Waals surface area contributed by atoms with Gasteiger partial charge in [0.05, 0.1) is 17.4 Å². The van der Waals surface area contributed by atoms with E-state index in [2.05, 4.69) is 10.6 Å². The van der Waals surface area contributed by atoms with Gasteiger partial charge >= 0.3 is 0 Å². The highest BCUT2D eigenvalue weighted by atomic mass is 19.1. The quantitative estimate of drug-likeness (QED) is 0.491. The van der Waals surface area contributed by atoms with Gasteiger partial charge < -0.3 is 16.4 Å². The van der Waals surface area contributed by atoms with Crippen molar-refractivity contribution in [2.24, 2.45) is 0 Å². The van der Waals surface area contributed by atoms with Gasteiger partial charge in [0.1, 0.15) is 11.6 Å². The van der Waals surface area contributed by atoms with E-state index < -0.39 is 11.6 Å². The van der Waals surface area contributed by atoms with E-state index in [1.165, 1.54) is 12.1 Å². The number of nitrogen functional groups attached to an aromatic ring is 1. The zero-order valence-electron chi connectivity index (χ0n) is 16.1. The third-order valence-corrected chi connectivity index (χ3v) is 4.71. The van der Waals surface area contributed by atoms with Crippen LogP contribution in [-0.4, -0.2) is 5.91 Å². The fourth-order valence-electron chi connectivity index (χ4n) is 3.07. The minimum atomic E-state index is -0.626. The summed E-state index contributed by atoms with van der Waals surface area (Å²) in [5, 5.41) is 6.03. The van der Waals surface area contributed by atoms with Crippen molar-refractivity contribution < 1.29 is 13.6 Å². The van der Waals surface area contributed by atoms with Gasteiger partial charge in [0.15, 0.2) is 0 Å². The molecule has 0 heterocycles. The van der Waals surface area contributed by atoms with Crippen molar-refractivity contribution in [2.45, 2.75) is 25.9 Å². The first-order valence-electron chi connectivity index (χ1n) is 9.41. The van der Waals surface area contributed by atoms with Gasteiger partial charge in [-0.2, -0.15) is 0 Å². The number of halogens is 2. The zero-order valence-corrected chi connectivity index (χ0v) is 16.1. The van der Waals surface area contributed by atoms with Gasteiger partial charge in [0.2, 0.25) is 0 Å². The lowest BCUT2D eigenvalue weighted by Crippen LogP contribution is -2.28. The largest absolute Gasteiger partial charge is 0.397 e. The molecule has 1 amide bonds. The topological polar surface area (TPSA) is 67.2 Å². The van der Waals surface area contributed by atoms with Crippen LogP contribution < -0.4 is 16.4 Å². The number of nitrogens with one attached hydrogen (secondary N) is 2. The molecule has 3 rings (SSSR count). The van der Waals surface area contributed by atoms with Crippen LogP contribution in [0.15, 0.2) is 66.7 Å². The van der Waals surface area contributed by atoms with Gasteiger partial charge in [-0.15, -0.1) is 0 Å². The van der Waals surface area contributed by atoms with E-state index in [0.29, 0.717) is 22.5 Å².